The number of rotatable bonds is 7. The van der Waals surface area contributed by atoms with Gasteiger partial charge in [0.05, 0.1) is 19.1 Å². The third kappa shape index (κ3) is 8.88. The summed E-state index contributed by atoms with van der Waals surface area (Å²) in [6, 6.07) is 5.75. The molecule has 0 saturated carbocycles. The Kier molecular flexibility index (Phi) is 11.8. The van der Waals surface area contributed by atoms with Crippen LogP contribution in [0.2, 0.25) is 0 Å². The summed E-state index contributed by atoms with van der Waals surface area (Å²) in [6.45, 7) is 3.93. The van der Waals surface area contributed by atoms with Crippen LogP contribution in [0.4, 0.5) is 0 Å². The molecular weight excluding hydrogens is 560 g/mol. The number of esters is 1. The van der Waals surface area contributed by atoms with Crippen LogP contribution in [0.25, 0.3) is 0 Å². The number of nitrogens with one attached hydrogen (secondary N) is 6. The summed E-state index contributed by atoms with van der Waals surface area (Å²) >= 11 is 0. The van der Waals surface area contributed by atoms with E-state index in [4.69, 9.17) is 4.74 Å². The van der Waals surface area contributed by atoms with Crippen molar-refractivity contribution in [3.05, 3.63) is 59.9 Å². The van der Waals surface area contributed by atoms with Gasteiger partial charge in [-0.15, -0.1) is 0 Å². The molecule has 0 radical (unpaired) electrons. The lowest BCUT2D eigenvalue weighted by Crippen LogP contribution is -2.61. The molecule has 0 aliphatic carbocycles. The minimum atomic E-state index is -1.46. The topological polar surface area (TPSA) is 208 Å². The average Bonchev–Trinajstić information content (AvgIpc) is 3.54. The fourth-order valence-electron chi connectivity index (χ4n) is 4.49. The van der Waals surface area contributed by atoms with Crippen molar-refractivity contribution in [3.63, 3.8) is 0 Å². The van der Waals surface area contributed by atoms with Crippen molar-refractivity contribution < 1.29 is 38.6 Å². The number of aromatic amines is 1. The van der Waals surface area contributed by atoms with E-state index in [-0.39, 0.29) is 25.0 Å². The highest BCUT2D eigenvalue weighted by Gasteiger charge is 2.36. The van der Waals surface area contributed by atoms with Gasteiger partial charge in [-0.25, -0.2) is 4.79 Å². The van der Waals surface area contributed by atoms with E-state index in [0.29, 0.717) is 5.56 Å². The van der Waals surface area contributed by atoms with E-state index in [9.17, 15) is 33.9 Å². The number of ether oxygens (including phenoxy) is 1. The summed E-state index contributed by atoms with van der Waals surface area (Å²) < 4.78 is 5.44. The maximum Gasteiger partial charge on any atom is 0.355 e. The van der Waals surface area contributed by atoms with Gasteiger partial charge in [0, 0.05) is 6.20 Å². The molecule has 14 heteroatoms. The third-order valence-electron chi connectivity index (χ3n) is 6.99. The van der Waals surface area contributed by atoms with Crippen LogP contribution >= 0.6 is 0 Å². The van der Waals surface area contributed by atoms with Gasteiger partial charge in [-0.2, -0.15) is 0 Å². The predicted molar refractivity (Wildman–Crippen MR) is 153 cm³/mol. The van der Waals surface area contributed by atoms with Crippen molar-refractivity contribution in [3.8, 4) is 0 Å². The number of benzene rings is 1. The summed E-state index contributed by atoms with van der Waals surface area (Å²) in [5.41, 5.74) is 0.710. The Morgan fingerprint density at radius 2 is 1.42 bits per heavy atom. The summed E-state index contributed by atoms with van der Waals surface area (Å²) in [7, 11) is 0. The van der Waals surface area contributed by atoms with Crippen LogP contribution in [0.3, 0.4) is 0 Å². The van der Waals surface area contributed by atoms with E-state index in [1.807, 2.05) is 0 Å². The third-order valence-corrected chi connectivity index (χ3v) is 6.99. The highest BCUT2D eigenvalue weighted by Crippen LogP contribution is 2.17. The minimum Gasteiger partial charge on any atom is -0.455 e. The molecule has 3 rings (SSSR count). The Balaban J connectivity index is 1.95. The molecule has 232 valence electrons. The van der Waals surface area contributed by atoms with Gasteiger partial charge in [0.1, 0.15) is 36.0 Å². The van der Waals surface area contributed by atoms with Gasteiger partial charge in [-0.3, -0.25) is 24.0 Å². The van der Waals surface area contributed by atoms with Crippen LogP contribution in [0, 0.1) is 0 Å². The Morgan fingerprint density at radius 3 is 2.02 bits per heavy atom. The van der Waals surface area contributed by atoms with E-state index < -0.39 is 78.4 Å². The van der Waals surface area contributed by atoms with Crippen molar-refractivity contribution >= 4 is 35.5 Å². The molecule has 6 atom stereocenters. The summed E-state index contributed by atoms with van der Waals surface area (Å²) in [4.78, 5) is 81.4. The molecule has 2 heterocycles. The van der Waals surface area contributed by atoms with E-state index in [2.05, 4.69) is 31.6 Å². The largest absolute Gasteiger partial charge is 0.455 e. The number of aliphatic hydroxyl groups is 1. The molecule has 1 aliphatic rings. The number of hydrogen-bond donors (Lipinski definition) is 7. The maximum absolute atomic E-state index is 13.4. The zero-order valence-electron chi connectivity index (χ0n) is 24.2. The molecule has 2 aromatic rings. The molecule has 7 N–H and O–H groups in total. The molecule has 14 nitrogen and oxygen atoms in total. The Labute approximate surface area is 248 Å². The van der Waals surface area contributed by atoms with Gasteiger partial charge in [-0.05, 0) is 37.5 Å². The molecule has 0 bridgehead atoms. The molecule has 0 spiro atoms. The lowest BCUT2D eigenvalue weighted by molar-refractivity contribution is -0.137. The van der Waals surface area contributed by atoms with Crippen LogP contribution in [-0.2, 0) is 28.7 Å². The lowest BCUT2D eigenvalue weighted by Gasteiger charge is -2.29. The number of aliphatic hydroxyl groups excluding tert-OH is 1. The minimum absolute atomic E-state index is 0.0922. The second kappa shape index (κ2) is 15.5. The van der Waals surface area contributed by atoms with Crippen LogP contribution < -0.4 is 26.6 Å². The highest BCUT2D eigenvalue weighted by atomic mass is 16.5. The number of hydrogen-bond acceptors (Lipinski definition) is 8. The van der Waals surface area contributed by atoms with E-state index in [1.54, 1.807) is 50.2 Å². The molecular formula is C29H38N6O8. The first-order valence-corrected chi connectivity index (χ1v) is 14.1. The maximum atomic E-state index is 13.4. The second-order valence-electron chi connectivity index (χ2n) is 10.1. The van der Waals surface area contributed by atoms with Gasteiger partial charge >= 0.3 is 5.97 Å². The molecule has 5 amide bonds. The zero-order chi connectivity index (χ0) is 31.5. The Bertz CT molecular complexity index is 1290. The average molecular weight is 599 g/mol. The van der Waals surface area contributed by atoms with Gasteiger partial charge in [0.2, 0.25) is 29.5 Å². The van der Waals surface area contributed by atoms with Gasteiger partial charge in [0.25, 0.3) is 0 Å². The van der Waals surface area contributed by atoms with E-state index in [1.165, 1.54) is 19.2 Å². The van der Waals surface area contributed by atoms with Crippen molar-refractivity contribution in [1.29, 1.82) is 0 Å². The monoisotopic (exact) mass is 598 g/mol. The Hall–Kier alpha value is -4.72. The first-order chi connectivity index (χ1) is 20.6. The molecule has 0 unspecified atom stereocenters. The summed E-state index contributed by atoms with van der Waals surface area (Å²) in [5.74, 6) is -4.43. The first-order valence-electron chi connectivity index (χ1n) is 14.1. The molecule has 1 aromatic heterocycles. The van der Waals surface area contributed by atoms with Crippen LogP contribution in [0.5, 0.6) is 0 Å². The molecule has 1 saturated heterocycles. The summed E-state index contributed by atoms with van der Waals surface area (Å²) in [6.07, 6.45) is 0.290. The fourth-order valence-corrected chi connectivity index (χ4v) is 4.49. The van der Waals surface area contributed by atoms with E-state index in [0.717, 1.165) is 0 Å². The summed E-state index contributed by atoms with van der Waals surface area (Å²) in [5, 5.41) is 22.8. The van der Waals surface area contributed by atoms with Gasteiger partial charge < -0.3 is 41.4 Å². The lowest BCUT2D eigenvalue weighted by atomic mass is 10.0. The fraction of sp³-hybridized carbons (Fsp3) is 0.448. The second-order valence-corrected chi connectivity index (χ2v) is 10.1. The predicted octanol–water partition coefficient (Wildman–Crippen LogP) is -0.427. The molecule has 1 aliphatic heterocycles. The highest BCUT2D eigenvalue weighted by molar-refractivity contribution is 5.96. The quantitative estimate of drug-likeness (QED) is 0.208. The Morgan fingerprint density at radius 1 is 0.814 bits per heavy atom. The van der Waals surface area contributed by atoms with Crippen molar-refractivity contribution in [2.24, 2.45) is 0 Å². The smallest absolute Gasteiger partial charge is 0.355 e. The normalized spacial score (nSPS) is 24.9. The van der Waals surface area contributed by atoms with Crippen LogP contribution in [-0.4, -0.2) is 82.5 Å². The number of carbonyl (C=O) groups excluding carboxylic acids is 6. The van der Waals surface area contributed by atoms with Crippen molar-refractivity contribution in [2.45, 2.75) is 76.3 Å². The zero-order valence-corrected chi connectivity index (χ0v) is 24.2. The standard InChI is InChI=1S/C29H38N6O8/c1-4-18-26(39)35-24(16(3)43-29(42)20-12-9-13-30-20)28(41)32-19(5-2)25(38)34-22(15-36)27(40)33-21(14-23(37)31-18)17-10-7-6-8-11-17/h6-13,16,18-19,21-22,24,30,36H,4-5,14-15H2,1-3H3,(H,31,37)(H,32,41)(H,33,40)(H,34,38)(H,35,39)/t16-,18-,19-,21+,22-,24-/m0/s1. The van der Waals surface area contributed by atoms with Gasteiger partial charge in [-0.1, -0.05) is 44.2 Å². The molecule has 43 heavy (non-hydrogen) atoms. The molecule has 1 fully saturated rings. The number of carbonyl (C=O) groups is 6. The van der Waals surface area contributed by atoms with Gasteiger partial charge in [0.15, 0.2) is 0 Å². The number of amides is 5. The van der Waals surface area contributed by atoms with Crippen LogP contribution in [0.15, 0.2) is 48.7 Å². The number of H-pyrrole nitrogens is 1. The first kappa shape index (κ1) is 32.8. The SMILES string of the molecule is CC[C@@H]1NC(=O)C[C@H](c2ccccc2)NC(=O)[C@H](CO)NC(=O)[C@H](CC)NC(=O)[C@H]([C@H](C)OC(=O)c2ccc[nH]2)NC1=O. The van der Waals surface area contributed by atoms with Crippen molar-refractivity contribution in [2.75, 3.05) is 6.61 Å². The van der Waals surface area contributed by atoms with Crippen LogP contribution in [0.1, 0.15) is 62.1 Å². The number of aromatic nitrogens is 1. The van der Waals surface area contributed by atoms with E-state index >= 15 is 0 Å². The molecule has 1 aromatic carbocycles. The van der Waals surface area contributed by atoms with Crippen molar-refractivity contribution in [1.82, 2.24) is 31.6 Å².